The van der Waals surface area contributed by atoms with E-state index in [4.69, 9.17) is 0 Å². The summed E-state index contributed by atoms with van der Waals surface area (Å²) in [6.45, 7) is 1.26. The van der Waals surface area contributed by atoms with E-state index in [0.717, 1.165) is 18.8 Å². The summed E-state index contributed by atoms with van der Waals surface area (Å²) >= 11 is 0. The van der Waals surface area contributed by atoms with Gasteiger partial charge in [0.2, 0.25) is 0 Å². The zero-order valence-corrected chi connectivity index (χ0v) is 7.16. The minimum atomic E-state index is -0.0206. The van der Waals surface area contributed by atoms with Crippen molar-refractivity contribution in [2.24, 2.45) is 5.92 Å². The average Bonchev–Trinajstić information content (AvgIpc) is 2.15. The maximum Gasteiger partial charge on any atom is 0.0555 e. The fraction of sp³-hybridized carbons (Fsp3) is 1.00. The van der Waals surface area contributed by atoms with Crippen LogP contribution < -0.4 is 0 Å². The third-order valence-corrected chi connectivity index (χ3v) is 3.23. The molecule has 1 saturated carbocycles. The lowest BCUT2D eigenvalue weighted by molar-refractivity contribution is 0.115. The molecule has 2 fully saturated rings. The molecule has 1 heterocycles. The predicted octanol–water partition coefficient (Wildman–Crippen LogP) is 0.851. The van der Waals surface area contributed by atoms with Crippen molar-refractivity contribution >= 4 is 0 Å². The highest BCUT2D eigenvalue weighted by Gasteiger charge is 2.33. The van der Waals surface area contributed by atoms with Gasteiger partial charge in [-0.25, -0.2) is 0 Å². The van der Waals surface area contributed by atoms with Crippen molar-refractivity contribution < 1.29 is 5.11 Å². The summed E-state index contributed by atoms with van der Waals surface area (Å²) in [4.78, 5) is 2.41. The lowest BCUT2D eigenvalue weighted by Crippen LogP contribution is -2.30. The highest BCUT2D eigenvalue weighted by atomic mass is 16.3. The van der Waals surface area contributed by atoms with Crippen molar-refractivity contribution in [1.29, 1.82) is 0 Å². The molecule has 11 heavy (non-hydrogen) atoms. The zero-order valence-electron chi connectivity index (χ0n) is 7.16. The van der Waals surface area contributed by atoms with Gasteiger partial charge in [0.05, 0.1) is 6.10 Å². The molecule has 64 valence electrons. The molecule has 2 heteroatoms. The van der Waals surface area contributed by atoms with Gasteiger partial charge in [0, 0.05) is 12.6 Å². The van der Waals surface area contributed by atoms with Crippen LogP contribution in [-0.4, -0.2) is 35.7 Å². The van der Waals surface area contributed by atoms with Gasteiger partial charge >= 0.3 is 0 Å². The molecule has 2 bridgehead atoms. The van der Waals surface area contributed by atoms with Crippen molar-refractivity contribution in [1.82, 2.24) is 4.90 Å². The third kappa shape index (κ3) is 1.42. The summed E-state index contributed by atoms with van der Waals surface area (Å²) in [6.07, 6.45) is 4.59. The summed E-state index contributed by atoms with van der Waals surface area (Å²) in [7, 11) is 2.18. The van der Waals surface area contributed by atoms with E-state index in [1.54, 1.807) is 0 Å². The van der Waals surface area contributed by atoms with E-state index in [1.807, 2.05) is 0 Å². The molecule has 0 spiro atoms. The van der Waals surface area contributed by atoms with Crippen LogP contribution in [0.5, 0.6) is 0 Å². The zero-order chi connectivity index (χ0) is 7.84. The summed E-state index contributed by atoms with van der Waals surface area (Å²) in [5.74, 6) is 0.877. The van der Waals surface area contributed by atoms with Crippen LogP contribution in [0.3, 0.4) is 0 Å². The molecule has 1 aliphatic carbocycles. The monoisotopic (exact) mass is 155 g/mol. The fourth-order valence-corrected chi connectivity index (χ4v) is 2.54. The molecule has 2 rings (SSSR count). The molecule has 0 amide bonds. The van der Waals surface area contributed by atoms with Crippen LogP contribution in [0.4, 0.5) is 0 Å². The van der Waals surface area contributed by atoms with Crippen LogP contribution in [0.1, 0.15) is 25.7 Å². The second kappa shape index (κ2) is 2.76. The Labute approximate surface area is 68.2 Å². The van der Waals surface area contributed by atoms with Crippen LogP contribution in [0.25, 0.3) is 0 Å². The first-order chi connectivity index (χ1) is 5.25. The van der Waals surface area contributed by atoms with Crippen molar-refractivity contribution in [3.63, 3.8) is 0 Å². The summed E-state index contributed by atoms with van der Waals surface area (Å²) in [5, 5.41) is 9.50. The van der Waals surface area contributed by atoms with E-state index in [1.165, 1.54) is 19.4 Å². The Morgan fingerprint density at radius 2 is 2.09 bits per heavy atom. The number of likely N-dealkylation sites (tertiary alicyclic amines) is 1. The third-order valence-electron chi connectivity index (χ3n) is 3.23. The van der Waals surface area contributed by atoms with E-state index >= 15 is 0 Å². The first kappa shape index (κ1) is 7.56. The number of fused-ring (bicyclic) bond motifs is 2. The van der Waals surface area contributed by atoms with Crippen molar-refractivity contribution in [2.75, 3.05) is 13.6 Å². The highest BCUT2D eigenvalue weighted by Crippen LogP contribution is 2.32. The van der Waals surface area contributed by atoms with Crippen LogP contribution in [0.2, 0.25) is 0 Å². The maximum absolute atomic E-state index is 9.50. The maximum atomic E-state index is 9.50. The molecule has 1 aliphatic heterocycles. The van der Waals surface area contributed by atoms with E-state index in [-0.39, 0.29) is 6.10 Å². The quantitative estimate of drug-likeness (QED) is 0.560. The second-order valence-corrected chi connectivity index (χ2v) is 4.16. The van der Waals surface area contributed by atoms with Crippen molar-refractivity contribution in [3.05, 3.63) is 0 Å². The smallest absolute Gasteiger partial charge is 0.0555 e. The lowest BCUT2D eigenvalue weighted by atomic mass is 10.0. The molecule has 1 N–H and O–H groups in total. The largest absolute Gasteiger partial charge is 0.393 e. The van der Waals surface area contributed by atoms with Gasteiger partial charge in [0.25, 0.3) is 0 Å². The SMILES string of the molecule is CN1CC2CCC(O)CC1C2. The van der Waals surface area contributed by atoms with Gasteiger partial charge in [-0.05, 0) is 38.6 Å². The Morgan fingerprint density at radius 3 is 2.91 bits per heavy atom. The van der Waals surface area contributed by atoms with E-state index in [9.17, 15) is 5.11 Å². The molecular formula is C9H17NO. The fourth-order valence-electron chi connectivity index (χ4n) is 2.54. The molecular weight excluding hydrogens is 138 g/mol. The second-order valence-electron chi connectivity index (χ2n) is 4.16. The Hall–Kier alpha value is -0.0800. The highest BCUT2D eigenvalue weighted by molar-refractivity contribution is 4.88. The molecule has 2 nitrogen and oxygen atoms in total. The van der Waals surface area contributed by atoms with Crippen molar-refractivity contribution in [3.8, 4) is 0 Å². The number of hydrogen-bond donors (Lipinski definition) is 1. The normalized spacial score (nSPS) is 45.8. The molecule has 3 unspecified atom stereocenters. The standard InChI is InChI=1S/C9H17NO/c1-10-6-7-2-3-9(11)5-8(10)4-7/h7-9,11H,2-6H2,1H3. The van der Waals surface area contributed by atoms with Gasteiger partial charge in [-0.3, -0.25) is 0 Å². The Kier molecular flexibility index (Phi) is 1.90. The molecule has 3 atom stereocenters. The topological polar surface area (TPSA) is 23.5 Å². The van der Waals surface area contributed by atoms with E-state index in [0.29, 0.717) is 6.04 Å². The molecule has 0 aromatic rings. The molecule has 0 aromatic carbocycles. The number of nitrogens with zero attached hydrogens (tertiary/aromatic N) is 1. The van der Waals surface area contributed by atoms with Crippen LogP contribution >= 0.6 is 0 Å². The molecule has 1 saturated heterocycles. The lowest BCUT2D eigenvalue weighted by Gasteiger charge is -2.22. The van der Waals surface area contributed by atoms with Gasteiger partial charge in [0.1, 0.15) is 0 Å². The molecule has 0 aromatic heterocycles. The first-order valence-corrected chi connectivity index (χ1v) is 4.64. The predicted molar refractivity (Wildman–Crippen MR) is 44.4 cm³/mol. The van der Waals surface area contributed by atoms with Crippen LogP contribution in [0.15, 0.2) is 0 Å². The average molecular weight is 155 g/mol. The van der Waals surface area contributed by atoms with E-state index < -0.39 is 0 Å². The Morgan fingerprint density at radius 1 is 1.27 bits per heavy atom. The minimum Gasteiger partial charge on any atom is -0.393 e. The Balaban J connectivity index is 2.04. The van der Waals surface area contributed by atoms with Gasteiger partial charge in [-0.1, -0.05) is 0 Å². The minimum absolute atomic E-state index is 0.0206. The van der Waals surface area contributed by atoms with Gasteiger partial charge in [-0.2, -0.15) is 0 Å². The van der Waals surface area contributed by atoms with Crippen molar-refractivity contribution in [2.45, 2.75) is 37.8 Å². The van der Waals surface area contributed by atoms with Gasteiger partial charge < -0.3 is 10.0 Å². The number of hydrogen-bond acceptors (Lipinski definition) is 2. The van der Waals surface area contributed by atoms with Gasteiger partial charge in [-0.15, -0.1) is 0 Å². The number of rotatable bonds is 0. The van der Waals surface area contributed by atoms with Crippen LogP contribution in [0, 0.1) is 5.92 Å². The first-order valence-electron chi connectivity index (χ1n) is 4.64. The summed E-state index contributed by atoms with van der Waals surface area (Å²) in [5.41, 5.74) is 0. The Bertz CT molecular complexity index is 148. The molecule has 0 radical (unpaired) electrons. The number of aliphatic hydroxyl groups is 1. The summed E-state index contributed by atoms with van der Waals surface area (Å²) in [6, 6.07) is 0.678. The molecule has 2 aliphatic rings. The van der Waals surface area contributed by atoms with Gasteiger partial charge in [0.15, 0.2) is 0 Å². The summed E-state index contributed by atoms with van der Waals surface area (Å²) < 4.78 is 0. The van der Waals surface area contributed by atoms with E-state index in [2.05, 4.69) is 11.9 Å². The number of aliphatic hydroxyl groups excluding tert-OH is 1. The van der Waals surface area contributed by atoms with Crippen LogP contribution in [-0.2, 0) is 0 Å².